The fraction of sp³-hybridized carbons (Fsp3) is 0.533. The molecule has 0 saturated heterocycles. The van der Waals surface area contributed by atoms with E-state index in [0.717, 1.165) is 31.0 Å². The Labute approximate surface area is 132 Å². The average Bonchev–Trinajstić information content (AvgIpc) is 2.43. The number of nitrogens with zero attached hydrogens (tertiary/aromatic N) is 1. The Hall–Kier alpha value is -0.710. The molecule has 1 rings (SSSR count). The van der Waals surface area contributed by atoms with E-state index < -0.39 is 0 Å². The molecule has 0 bridgehead atoms. The lowest BCUT2D eigenvalue weighted by Gasteiger charge is -2.16. The maximum atomic E-state index is 11.9. The van der Waals surface area contributed by atoms with Crippen LogP contribution in [0.3, 0.4) is 0 Å². The highest BCUT2D eigenvalue weighted by Crippen LogP contribution is 2.15. The predicted octanol–water partition coefficient (Wildman–Crippen LogP) is 3.29. The summed E-state index contributed by atoms with van der Waals surface area (Å²) < 4.78 is 0. The molecule has 0 fully saturated rings. The number of para-hydroxylation sites is 1. The number of benzene rings is 1. The van der Waals surface area contributed by atoms with Crippen LogP contribution in [0.15, 0.2) is 24.3 Å². The zero-order valence-electron chi connectivity index (χ0n) is 12.5. The molecule has 0 aliphatic carbocycles. The Kier molecular flexibility index (Phi) is 10.6. The maximum absolute atomic E-state index is 11.9. The van der Waals surface area contributed by atoms with Gasteiger partial charge in [0.2, 0.25) is 5.91 Å². The van der Waals surface area contributed by atoms with Crippen LogP contribution in [0.2, 0.25) is 0 Å². The number of aryl methyl sites for hydroxylation is 1. The molecular weight excluding hydrogens is 292 g/mol. The summed E-state index contributed by atoms with van der Waals surface area (Å²) in [7, 11) is 2.06. The minimum absolute atomic E-state index is 0. The Morgan fingerprint density at radius 3 is 2.65 bits per heavy atom. The first-order chi connectivity index (χ1) is 9.17. The molecule has 0 aromatic heterocycles. The first kappa shape index (κ1) is 19.3. The predicted molar refractivity (Wildman–Crippen MR) is 92.2 cm³/mol. The van der Waals surface area contributed by atoms with Crippen LogP contribution in [0.4, 0.5) is 5.69 Å². The van der Waals surface area contributed by atoms with Crippen molar-refractivity contribution in [3.8, 4) is 0 Å². The number of halogens is 1. The third-order valence-electron chi connectivity index (χ3n) is 3.07. The van der Waals surface area contributed by atoms with Gasteiger partial charge in [-0.2, -0.15) is 11.8 Å². The molecular formula is C15H25ClN2OS. The molecule has 20 heavy (non-hydrogen) atoms. The van der Waals surface area contributed by atoms with E-state index in [1.807, 2.05) is 30.0 Å². The van der Waals surface area contributed by atoms with Gasteiger partial charge in [0.05, 0.1) is 0 Å². The first-order valence-corrected chi connectivity index (χ1v) is 8.12. The molecule has 114 valence electrons. The van der Waals surface area contributed by atoms with Gasteiger partial charge < -0.3 is 10.2 Å². The number of anilines is 1. The van der Waals surface area contributed by atoms with Crippen LogP contribution in [0.25, 0.3) is 0 Å². The number of nitrogens with one attached hydrogen (secondary N) is 1. The van der Waals surface area contributed by atoms with Crippen molar-refractivity contribution in [2.45, 2.75) is 19.8 Å². The van der Waals surface area contributed by atoms with E-state index >= 15 is 0 Å². The lowest BCUT2D eigenvalue weighted by atomic mass is 10.1. The zero-order chi connectivity index (χ0) is 14.1. The maximum Gasteiger partial charge on any atom is 0.225 e. The summed E-state index contributed by atoms with van der Waals surface area (Å²) in [5.41, 5.74) is 2.13. The smallest absolute Gasteiger partial charge is 0.225 e. The highest BCUT2D eigenvalue weighted by Gasteiger charge is 2.07. The first-order valence-electron chi connectivity index (χ1n) is 6.72. The molecule has 0 saturated carbocycles. The number of rotatable bonds is 8. The van der Waals surface area contributed by atoms with Crippen LogP contribution in [-0.2, 0) is 11.2 Å². The van der Waals surface area contributed by atoms with Gasteiger partial charge >= 0.3 is 0 Å². The Bertz CT molecular complexity index is 401. The van der Waals surface area contributed by atoms with Gasteiger partial charge in [-0.3, -0.25) is 4.79 Å². The SMILES string of the molecule is CCc1ccccc1NC(=O)CCN(C)CCSC.Cl. The Balaban J connectivity index is 0.00000361. The summed E-state index contributed by atoms with van der Waals surface area (Å²) in [5, 5.41) is 3.00. The average molecular weight is 317 g/mol. The molecule has 0 heterocycles. The van der Waals surface area contributed by atoms with Crippen molar-refractivity contribution in [1.29, 1.82) is 0 Å². The third kappa shape index (κ3) is 7.17. The normalized spacial score (nSPS) is 10.2. The number of thioether (sulfide) groups is 1. The molecule has 1 amide bonds. The van der Waals surface area contributed by atoms with Crippen LogP contribution in [0.5, 0.6) is 0 Å². The number of hydrogen-bond acceptors (Lipinski definition) is 3. The third-order valence-corrected chi connectivity index (χ3v) is 3.66. The van der Waals surface area contributed by atoms with Crippen molar-refractivity contribution in [2.75, 3.05) is 37.5 Å². The van der Waals surface area contributed by atoms with Crippen molar-refractivity contribution >= 4 is 35.8 Å². The monoisotopic (exact) mass is 316 g/mol. The molecule has 1 aromatic rings. The molecule has 0 spiro atoms. The second kappa shape index (κ2) is 11.0. The van der Waals surface area contributed by atoms with Crippen LogP contribution in [-0.4, -0.2) is 43.0 Å². The molecule has 0 aliphatic rings. The zero-order valence-corrected chi connectivity index (χ0v) is 14.1. The van der Waals surface area contributed by atoms with Crippen molar-refractivity contribution in [3.05, 3.63) is 29.8 Å². The van der Waals surface area contributed by atoms with Crippen molar-refractivity contribution in [3.63, 3.8) is 0 Å². The summed E-state index contributed by atoms with van der Waals surface area (Å²) in [5.74, 6) is 1.20. The quantitative estimate of drug-likeness (QED) is 0.798. The van der Waals surface area contributed by atoms with Crippen LogP contribution >= 0.6 is 24.2 Å². The molecule has 0 radical (unpaired) electrons. The fourth-order valence-electron chi connectivity index (χ4n) is 1.81. The minimum Gasteiger partial charge on any atom is -0.326 e. The molecule has 0 unspecified atom stereocenters. The Morgan fingerprint density at radius 1 is 1.30 bits per heavy atom. The van der Waals surface area contributed by atoms with E-state index in [0.29, 0.717) is 6.42 Å². The van der Waals surface area contributed by atoms with Gasteiger partial charge in [-0.15, -0.1) is 12.4 Å². The van der Waals surface area contributed by atoms with Crippen LogP contribution in [0.1, 0.15) is 18.9 Å². The number of carbonyl (C=O) groups is 1. The van der Waals surface area contributed by atoms with Crippen molar-refractivity contribution < 1.29 is 4.79 Å². The second-order valence-corrected chi connectivity index (χ2v) is 5.59. The molecule has 1 N–H and O–H groups in total. The summed E-state index contributed by atoms with van der Waals surface area (Å²) in [4.78, 5) is 14.1. The van der Waals surface area contributed by atoms with E-state index in [-0.39, 0.29) is 18.3 Å². The van der Waals surface area contributed by atoms with E-state index in [1.54, 1.807) is 0 Å². The van der Waals surface area contributed by atoms with Gasteiger partial charge in [-0.1, -0.05) is 25.1 Å². The van der Waals surface area contributed by atoms with E-state index in [9.17, 15) is 4.79 Å². The summed E-state index contributed by atoms with van der Waals surface area (Å²) in [6.45, 7) is 3.93. The summed E-state index contributed by atoms with van der Waals surface area (Å²) in [6, 6.07) is 7.98. The highest BCUT2D eigenvalue weighted by atomic mass is 35.5. The highest BCUT2D eigenvalue weighted by molar-refractivity contribution is 7.98. The number of amides is 1. The fourth-order valence-corrected chi connectivity index (χ4v) is 2.31. The van der Waals surface area contributed by atoms with E-state index in [2.05, 4.69) is 36.5 Å². The van der Waals surface area contributed by atoms with E-state index in [4.69, 9.17) is 0 Å². The summed E-state index contributed by atoms with van der Waals surface area (Å²) >= 11 is 1.83. The molecule has 5 heteroatoms. The van der Waals surface area contributed by atoms with Crippen molar-refractivity contribution in [2.24, 2.45) is 0 Å². The standard InChI is InChI=1S/C15H24N2OS.ClH/c1-4-13-7-5-6-8-14(13)16-15(18)9-10-17(2)11-12-19-3;/h5-8H,4,9-12H2,1-3H3,(H,16,18);1H. The van der Waals surface area contributed by atoms with E-state index in [1.165, 1.54) is 5.56 Å². The minimum atomic E-state index is 0. The van der Waals surface area contributed by atoms with Gasteiger partial charge in [-0.25, -0.2) is 0 Å². The summed E-state index contributed by atoms with van der Waals surface area (Å²) in [6.07, 6.45) is 3.58. The van der Waals surface area contributed by atoms with Gasteiger partial charge in [0.1, 0.15) is 0 Å². The molecule has 0 atom stereocenters. The van der Waals surface area contributed by atoms with Crippen molar-refractivity contribution in [1.82, 2.24) is 4.90 Å². The van der Waals surface area contributed by atoms with Gasteiger partial charge in [0.25, 0.3) is 0 Å². The van der Waals surface area contributed by atoms with Crippen LogP contribution < -0.4 is 5.32 Å². The Morgan fingerprint density at radius 2 is 2.00 bits per heavy atom. The molecule has 0 aliphatic heterocycles. The lowest BCUT2D eigenvalue weighted by Crippen LogP contribution is -2.26. The largest absolute Gasteiger partial charge is 0.326 e. The topological polar surface area (TPSA) is 32.3 Å². The second-order valence-electron chi connectivity index (χ2n) is 4.60. The number of hydrogen-bond donors (Lipinski definition) is 1. The van der Waals surface area contributed by atoms with Gasteiger partial charge in [-0.05, 0) is 31.4 Å². The molecule has 3 nitrogen and oxygen atoms in total. The van der Waals surface area contributed by atoms with Crippen LogP contribution in [0, 0.1) is 0 Å². The van der Waals surface area contributed by atoms with Gasteiger partial charge in [0, 0.05) is 31.0 Å². The van der Waals surface area contributed by atoms with Gasteiger partial charge in [0.15, 0.2) is 0 Å². The lowest BCUT2D eigenvalue weighted by molar-refractivity contribution is -0.116. The number of carbonyl (C=O) groups excluding carboxylic acids is 1. The molecule has 1 aromatic carbocycles.